The molecule has 0 unspecified atom stereocenters. The van der Waals surface area contributed by atoms with Gasteiger partial charge in [-0.2, -0.15) is 0 Å². The molecular formula is C14H9N3O5. The Balaban J connectivity index is 1.95. The van der Waals surface area contributed by atoms with Gasteiger partial charge in [0.05, 0.1) is 10.6 Å². The smallest absolute Gasteiger partial charge is 0.408 e. The van der Waals surface area contributed by atoms with Gasteiger partial charge in [0, 0.05) is 17.7 Å². The number of hydrogen-bond acceptors (Lipinski definition) is 5. The summed E-state index contributed by atoms with van der Waals surface area (Å²) in [5.74, 6) is -1.16. The molecule has 0 aliphatic rings. The van der Waals surface area contributed by atoms with Crippen molar-refractivity contribution in [1.29, 1.82) is 0 Å². The molecule has 0 spiro atoms. The second-order valence-corrected chi connectivity index (χ2v) is 4.45. The summed E-state index contributed by atoms with van der Waals surface area (Å²) in [6.07, 6.45) is 0. The number of anilines is 1. The number of oxazole rings is 1. The fraction of sp³-hybridized carbons (Fsp3) is 0. The zero-order valence-electron chi connectivity index (χ0n) is 11.0. The molecule has 8 heteroatoms. The Morgan fingerprint density at radius 2 is 2.00 bits per heavy atom. The van der Waals surface area contributed by atoms with Crippen molar-refractivity contribution in [2.45, 2.75) is 0 Å². The standard InChI is InChI=1S/C14H9N3O5/c18-13(8-3-1-4-9(7-8)17(20)21)15-10-5-2-6-11-12(10)16-14(19)22-11/h1-7H,(H,15,18)(H,16,19). The van der Waals surface area contributed by atoms with Gasteiger partial charge in [-0.3, -0.25) is 19.9 Å². The Kier molecular flexibility index (Phi) is 3.18. The molecule has 0 aliphatic heterocycles. The second kappa shape index (κ2) is 5.17. The van der Waals surface area contributed by atoms with E-state index in [4.69, 9.17) is 4.42 Å². The van der Waals surface area contributed by atoms with E-state index in [9.17, 15) is 19.7 Å². The van der Waals surface area contributed by atoms with E-state index < -0.39 is 16.6 Å². The number of rotatable bonds is 3. The molecule has 1 amide bonds. The van der Waals surface area contributed by atoms with E-state index in [-0.39, 0.29) is 11.3 Å². The number of hydrogen-bond donors (Lipinski definition) is 2. The summed E-state index contributed by atoms with van der Waals surface area (Å²) in [5, 5.41) is 13.3. The summed E-state index contributed by atoms with van der Waals surface area (Å²) in [7, 11) is 0. The molecule has 0 saturated heterocycles. The Hall–Kier alpha value is -3.42. The number of aromatic amines is 1. The van der Waals surface area contributed by atoms with Gasteiger partial charge in [0.1, 0.15) is 5.52 Å². The molecule has 0 fully saturated rings. The maximum Gasteiger partial charge on any atom is 0.417 e. The number of carbonyl (C=O) groups is 1. The fourth-order valence-electron chi connectivity index (χ4n) is 2.03. The number of nitrogens with zero attached hydrogens (tertiary/aromatic N) is 1. The van der Waals surface area contributed by atoms with Crippen molar-refractivity contribution >= 4 is 28.4 Å². The van der Waals surface area contributed by atoms with Crippen LogP contribution in [0.3, 0.4) is 0 Å². The summed E-state index contributed by atoms with van der Waals surface area (Å²) in [4.78, 5) is 36.0. The fourth-order valence-corrected chi connectivity index (χ4v) is 2.03. The molecule has 0 saturated carbocycles. The van der Waals surface area contributed by atoms with E-state index in [1.807, 2.05) is 0 Å². The molecule has 8 nitrogen and oxygen atoms in total. The molecule has 0 atom stereocenters. The van der Waals surface area contributed by atoms with Crippen LogP contribution in [0.25, 0.3) is 11.1 Å². The zero-order valence-corrected chi connectivity index (χ0v) is 11.0. The Morgan fingerprint density at radius 3 is 2.77 bits per heavy atom. The van der Waals surface area contributed by atoms with Crippen molar-refractivity contribution in [2.75, 3.05) is 5.32 Å². The predicted octanol–water partition coefficient (Wildman–Crippen LogP) is 2.28. The van der Waals surface area contributed by atoms with Gasteiger partial charge in [0.25, 0.3) is 11.6 Å². The zero-order chi connectivity index (χ0) is 15.7. The van der Waals surface area contributed by atoms with E-state index >= 15 is 0 Å². The third kappa shape index (κ3) is 2.44. The van der Waals surface area contributed by atoms with Crippen molar-refractivity contribution in [3.8, 4) is 0 Å². The third-order valence-corrected chi connectivity index (χ3v) is 3.02. The van der Waals surface area contributed by atoms with Crippen LogP contribution >= 0.6 is 0 Å². The predicted molar refractivity (Wildman–Crippen MR) is 77.9 cm³/mol. The lowest BCUT2D eigenvalue weighted by atomic mass is 10.2. The Morgan fingerprint density at radius 1 is 1.23 bits per heavy atom. The van der Waals surface area contributed by atoms with E-state index in [0.717, 1.165) is 0 Å². The maximum atomic E-state index is 12.2. The molecule has 0 bridgehead atoms. The highest BCUT2D eigenvalue weighted by atomic mass is 16.6. The maximum absolute atomic E-state index is 12.2. The van der Waals surface area contributed by atoms with E-state index in [1.54, 1.807) is 18.2 Å². The van der Waals surface area contributed by atoms with Crippen molar-refractivity contribution in [3.63, 3.8) is 0 Å². The molecule has 2 aromatic carbocycles. The van der Waals surface area contributed by atoms with Crippen LogP contribution in [0.5, 0.6) is 0 Å². The molecule has 22 heavy (non-hydrogen) atoms. The van der Waals surface area contributed by atoms with Crippen LogP contribution in [0, 0.1) is 10.1 Å². The average Bonchev–Trinajstić information content (AvgIpc) is 2.88. The molecule has 3 aromatic rings. The topological polar surface area (TPSA) is 118 Å². The first-order chi connectivity index (χ1) is 10.5. The molecule has 0 aliphatic carbocycles. The van der Waals surface area contributed by atoms with E-state index in [0.29, 0.717) is 16.8 Å². The lowest BCUT2D eigenvalue weighted by molar-refractivity contribution is -0.384. The molecular weight excluding hydrogens is 290 g/mol. The molecule has 110 valence electrons. The Labute approximate surface area is 122 Å². The second-order valence-electron chi connectivity index (χ2n) is 4.45. The van der Waals surface area contributed by atoms with E-state index in [1.165, 1.54) is 24.3 Å². The lowest BCUT2D eigenvalue weighted by Gasteiger charge is -2.05. The van der Waals surface area contributed by atoms with Gasteiger partial charge in [-0.15, -0.1) is 0 Å². The number of carbonyl (C=O) groups excluding carboxylic acids is 1. The minimum atomic E-state index is -0.632. The normalized spacial score (nSPS) is 10.5. The number of amides is 1. The summed E-state index contributed by atoms with van der Waals surface area (Å²) >= 11 is 0. The van der Waals surface area contributed by atoms with Crippen molar-refractivity contribution in [1.82, 2.24) is 4.98 Å². The summed E-state index contributed by atoms with van der Waals surface area (Å²) in [5.41, 5.74) is 0.965. The number of fused-ring (bicyclic) bond motifs is 1. The first kappa shape index (κ1) is 13.6. The number of para-hydroxylation sites is 1. The van der Waals surface area contributed by atoms with Gasteiger partial charge in [0.2, 0.25) is 0 Å². The molecule has 2 N–H and O–H groups in total. The first-order valence-electron chi connectivity index (χ1n) is 6.22. The monoisotopic (exact) mass is 299 g/mol. The van der Waals surface area contributed by atoms with Crippen LogP contribution in [0.4, 0.5) is 11.4 Å². The first-order valence-corrected chi connectivity index (χ1v) is 6.22. The number of nitrogens with one attached hydrogen (secondary N) is 2. The number of non-ortho nitro benzene ring substituents is 1. The van der Waals surface area contributed by atoms with Crippen LogP contribution in [0.2, 0.25) is 0 Å². The van der Waals surface area contributed by atoms with Gasteiger partial charge in [0.15, 0.2) is 5.58 Å². The van der Waals surface area contributed by atoms with Crippen LogP contribution in [-0.4, -0.2) is 15.8 Å². The van der Waals surface area contributed by atoms with Gasteiger partial charge in [-0.25, -0.2) is 4.79 Å². The summed E-state index contributed by atoms with van der Waals surface area (Å²) in [6, 6.07) is 10.1. The third-order valence-electron chi connectivity index (χ3n) is 3.02. The highest BCUT2D eigenvalue weighted by Crippen LogP contribution is 2.21. The van der Waals surface area contributed by atoms with Crippen LogP contribution in [0.1, 0.15) is 10.4 Å². The number of nitro benzene ring substituents is 1. The Bertz CT molecular complexity index is 941. The van der Waals surface area contributed by atoms with Gasteiger partial charge in [-0.05, 0) is 18.2 Å². The van der Waals surface area contributed by atoms with Crippen LogP contribution in [0.15, 0.2) is 51.7 Å². The van der Waals surface area contributed by atoms with Crippen molar-refractivity contribution in [2.24, 2.45) is 0 Å². The van der Waals surface area contributed by atoms with Gasteiger partial charge in [-0.1, -0.05) is 12.1 Å². The highest BCUT2D eigenvalue weighted by molar-refractivity contribution is 6.08. The van der Waals surface area contributed by atoms with E-state index in [2.05, 4.69) is 10.3 Å². The lowest BCUT2D eigenvalue weighted by Crippen LogP contribution is -2.12. The molecule has 1 heterocycles. The molecule has 3 rings (SSSR count). The van der Waals surface area contributed by atoms with Crippen molar-refractivity contribution < 1.29 is 14.1 Å². The van der Waals surface area contributed by atoms with Gasteiger partial charge >= 0.3 is 5.76 Å². The van der Waals surface area contributed by atoms with Crippen LogP contribution < -0.4 is 11.1 Å². The van der Waals surface area contributed by atoms with Gasteiger partial charge < -0.3 is 9.73 Å². The number of nitro groups is 1. The van der Waals surface area contributed by atoms with Crippen molar-refractivity contribution in [3.05, 3.63) is 68.7 Å². The minimum Gasteiger partial charge on any atom is -0.408 e. The SMILES string of the molecule is O=C(Nc1cccc2oc(=O)[nH]c12)c1cccc([N+](=O)[O-])c1. The highest BCUT2D eigenvalue weighted by Gasteiger charge is 2.14. The van der Waals surface area contributed by atoms with Crippen LogP contribution in [-0.2, 0) is 0 Å². The number of benzene rings is 2. The molecule has 0 radical (unpaired) electrons. The molecule has 1 aromatic heterocycles. The summed E-state index contributed by atoms with van der Waals surface area (Å²) < 4.78 is 4.89. The average molecular weight is 299 g/mol. The number of aromatic nitrogens is 1. The number of H-pyrrole nitrogens is 1. The minimum absolute atomic E-state index is 0.136. The quantitative estimate of drug-likeness (QED) is 0.568. The largest absolute Gasteiger partial charge is 0.417 e. The summed E-state index contributed by atoms with van der Waals surface area (Å²) in [6.45, 7) is 0.